The van der Waals surface area contributed by atoms with E-state index in [2.05, 4.69) is 56.8 Å². The molecule has 2 aromatic heterocycles. The van der Waals surface area contributed by atoms with E-state index in [9.17, 15) is 0 Å². The van der Waals surface area contributed by atoms with Crippen molar-refractivity contribution in [3.63, 3.8) is 0 Å². The maximum absolute atomic E-state index is 4.28. The van der Waals surface area contributed by atoms with Gasteiger partial charge in [0.05, 0.1) is 20.3 Å². The fourth-order valence-electron chi connectivity index (χ4n) is 2.37. The van der Waals surface area contributed by atoms with E-state index in [1.165, 1.54) is 0 Å². The van der Waals surface area contributed by atoms with Crippen molar-refractivity contribution in [2.75, 3.05) is 0 Å². The molecule has 3 nitrogen and oxygen atoms in total. The molecule has 0 atom stereocenters. The van der Waals surface area contributed by atoms with E-state index in [1.54, 1.807) is 6.08 Å². The molecule has 0 spiro atoms. The molecule has 3 rings (SSSR count). The molecule has 49 heavy (non-hydrogen) atoms. The summed E-state index contributed by atoms with van der Waals surface area (Å²) in [7, 11) is 0. The van der Waals surface area contributed by atoms with E-state index in [-0.39, 0.29) is 136 Å². The Kier molecular flexibility index (Phi) is 146. The van der Waals surface area contributed by atoms with Gasteiger partial charge in [0.2, 0.25) is 0 Å². The molecule has 2 aromatic rings. The molecule has 1 aliphatic heterocycles. The van der Waals surface area contributed by atoms with Crippen LogP contribution in [0.25, 0.3) is 5.32 Å². The van der Waals surface area contributed by atoms with Crippen molar-refractivity contribution in [1.29, 1.82) is 0 Å². The second-order valence-electron chi connectivity index (χ2n) is 6.83. The zero-order valence-corrected chi connectivity index (χ0v) is 42.3. The number of hydrogen-bond acceptors (Lipinski definition) is 2. The Bertz CT molecular complexity index is 786. The van der Waals surface area contributed by atoms with Gasteiger partial charge < -0.3 is 90.2 Å². The Hall–Kier alpha value is 0.0340. The van der Waals surface area contributed by atoms with E-state index < -0.39 is 0 Å². The quantitative estimate of drug-likeness (QED) is 0.221. The second kappa shape index (κ2) is 77.5. The zero-order valence-electron chi connectivity index (χ0n) is 34.1. The third kappa shape index (κ3) is 57.6. The Morgan fingerprint density at radius 2 is 0.898 bits per heavy atom. The molecule has 0 aliphatic carbocycles. The molecule has 0 N–H and O–H groups in total. The van der Waals surface area contributed by atoms with Gasteiger partial charge in [0.1, 0.15) is 0 Å². The van der Waals surface area contributed by atoms with Gasteiger partial charge in [0.25, 0.3) is 0 Å². The third-order valence-electron chi connectivity index (χ3n) is 4.05. The molecule has 0 amide bonds. The normalized spacial score (nSPS) is 8.84. The Labute approximate surface area is 377 Å². The molecular formula is C42H76N3Ru3Y-3. The van der Waals surface area contributed by atoms with Crippen molar-refractivity contribution in [3.05, 3.63) is 193 Å². The van der Waals surface area contributed by atoms with E-state index >= 15 is 0 Å². The fourth-order valence-corrected chi connectivity index (χ4v) is 2.37. The summed E-state index contributed by atoms with van der Waals surface area (Å²) in [6.07, 6.45) is 13.3. The Morgan fingerprint density at radius 1 is 0.633 bits per heavy atom. The molecule has 0 unspecified atom stereocenters. The van der Waals surface area contributed by atoms with Gasteiger partial charge in [-0.25, -0.2) is 18.7 Å². The second-order valence-corrected chi connectivity index (χ2v) is 6.83. The first-order valence-corrected chi connectivity index (χ1v) is 14.2. The van der Waals surface area contributed by atoms with Crippen LogP contribution in [-0.4, -0.2) is 9.97 Å². The standard InChI is InChI=1S/2C9H11N.C9H10N.C3H7.3C2H6.6CH3.3Ru.Y.H/c3*1-3-8-6-5-7-9(4-2)10-8;1-3-2;3*1-2;;;;;;;;;;;/h2*5-7H,1-4H2;3,5-7H,1-2,4H2;3H,1-2H3;3*1-2H3;6*1H3;;;;;/q2*-2;-3;+1;;;;6*-1;;+4;+5;;. The van der Waals surface area contributed by atoms with Crippen LogP contribution < -0.4 is 0 Å². The van der Waals surface area contributed by atoms with Gasteiger partial charge in [-0.15, -0.1) is 25.7 Å². The molecule has 1 aliphatic rings. The van der Waals surface area contributed by atoms with Gasteiger partial charge >= 0.3 is 58.4 Å². The van der Waals surface area contributed by atoms with Gasteiger partial charge in [0, 0.05) is 55.5 Å². The summed E-state index contributed by atoms with van der Waals surface area (Å²) in [5.74, 6) is 0. The first-order chi connectivity index (χ1) is 19.0. The van der Waals surface area contributed by atoms with E-state index in [4.69, 9.17) is 0 Å². The number of allylic oxidation sites excluding steroid dienone is 5. The molecule has 0 saturated heterocycles. The van der Waals surface area contributed by atoms with Crippen molar-refractivity contribution in [2.24, 2.45) is 0 Å². The van der Waals surface area contributed by atoms with Crippen LogP contribution in [0.15, 0.2) is 72.1 Å². The molecule has 289 valence electrons. The van der Waals surface area contributed by atoms with Crippen LogP contribution in [0, 0.1) is 92.5 Å². The van der Waals surface area contributed by atoms with Crippen LogP contribution in [0.3, 0.4) is 0 Å². The smallest absolute Gasteiger partial charge is 0 e. The molecular weight excluding hydrogens is 939 g/mol. The van der Waals surface area contributed by atoms with Crippen molar-refractivity contribution in [3.8, 4) is 0 Å². The minimum Gasteiger partial charge on any atom is 0 e. The zero-order chi connectivity index (χ0) is 30.9. The molecule has 3 heterocycles. The minimum absolute atomic E-state index is 0. The summed E-state index contributed by atoms with van der Waals surface area (Å²) in [6.45, 7) is 38.4. The first-order valence-electron chi connectivity index (χ1n) is 14.2. The number of hydrogen-bond donors (Lipinski definition) is 0. The summed E-state index contributed by atoms with van der Waals surface area (Å²) in [5, 5.41) is 4.23. The number of nitrogens with zero attached hydrogens (tertiary/aromatic N) is 3. The fraction of sp³-hybridized carbons (Fsp3) is 0.310. The number of aromatic nitrogens is 2. The Morgan fingerprint density at radius 3 is 1.10 bits per heavy atom. The molecule has 0 bridgehead atoms. The van der Waals surface area contributed by atoms with Gasteiger partial charge in [-0.2, -0.15) is 12.5 Å². The molecule has 0 aromatic carbocycles. The van der Waals surface area contributed by atoms with Crippen LogP contribution in [0.2, 0.25) is 0 Å². The molecule has 0 fully saturated rings. The van der Waals surface area contributed by atoms with Crippen LogP contribution in [0.5, 0.6) is 0 Å². The predicted molar refractivity (Wildman–Crippen MR) is 218 cm³/mol. The van der Waals surface area contributed by atoms with Crippen molar-refractivity contribution < 1.29 is 91.1 Å². The van der Waals surface area contributed by atoms with Gasteiger partial charge in [0.15, 0.2) is 0 Å². The van der Waals surface area contributed by atoms with Crippen LogP contribution in [0.4, 0.5) is 0 Å². The largest absolute Gasteiger partial charge is 0 e. The van der Waals surface area contributed by atoms with E-state index in [1.807, 2.05) is 116 Å². The minimum atomic E-state index is 0. The van der Waals surface area contributed by atoms with Crippen molar-refractivity contribution >= 4 is 0 Å². The summed E-state index contributed by atoms with van der Waals surface area (Å²) in [5.41, 5.74) is 6.10. The van der Waals surface area contributed by atoms with E-state index in [0.29, 0.717) is 0 Å². The maximum atomic E-state index is 4.28. The summed E-state index contributed by atoms with van der Waals surface area (Å²) in [4.78, 5) is 8.57. The summed E-state index contributed by atoms with van der Waals surface area (Å²) in [6, 6.07) is 11.9. The van der Waals surface area contributed by atoms with E-state index in [0.717, 1.165) is 66.3 Å². The summed E-state index contributed by atoms with van der Waals surface area (Å²) < 4.78 is 0. The van der Waals surface area contributed by atoms with Crippen LogP contribution >= 0.6 is 0 Å². The van der Waals surface area contributed by atoms with Crippen molar-refractivity contribution in [2.45, 2.75) is 87.5 Å². The number of pyridine rings is 2. The molecule has 7 heteroatoms. The van der Waals surface area contributed by atoms with Gasteiger partial charge in [-0.3, -0.25) is 9.97 Å². The van der Waals surface area contributed by atoms with Crippen LogP contribution in [-0.2, 0) is 117 Å². The summed E-state index contributed by atoms with van der Waals surface area (Å²) >= 11 is 0. The van der Waals surface area contributed by atoms with Gasteiger partial charge in [-0.05, 0) is 24.3 Å². The predicted octanol–water partition coefficient (Wildman–Crippen LogP) is 13.2. The average molecular weight is 1020 g/mol. The maximum Gasteiger partial charge on any atom is 0 e. The Balaban J connectivity index is -0.0000000256. The third-order valence-corrected chi connectivity index (χ3v) is 4.05. The first kappa shape index (κ1) is 92.2. The number of rotatable bonds is 5. The van der Waals surface area contributed by atoms with Crippen molar-refractivity contribution in [1.82, 2.24) is 9.97 Å². The monoisotopic (exact) mass is 1020 g/mol. The van der Waals surface area contributed by atoms with Crippen LogP contribution in [0.1, 0.15) is 84.6 Å². The topological polar surface area (TPSA) is 39.9 Å². The molecule has 0 saturated carbocycles. The van der Waals surface area contributed by atoms with Gasteiger partial charge in [-0.1, -0.05) is 65.8 Å². The molecule has 2 radical (unpaired) electrons. The SMILES string of the molecule is CC.CC.CC.C[CH+]C.[CH2-]C=C1C=CC=C(C[CH2-])[N-]1.[CH2-]Cc1cccc(C[CH2-])n1.[CH2-]Cc1cccc(C[CH2-])n1.[CH3-].[CH3-].[CH3-].[CH3-].[CH3-].[CH3-].[Ru+4].[Ru+5].[RuH].[Y]. The average Bonchev–Trinajstić information content (AvgIpc) is 3.04.